The third-order valence-electron chi connectivity index (χ3n) is 3.00. The molecule has 0 bridgehead atoms. The maximum absolute atomic E-state index is 9.83. The fourth-order valence-corrected chi connectivity index (χ4v) is 2.48. The van der Waals surface area contributed by atoms with Crippen LogP contribution in [-0.2, 0) is 0 Å². The van der Waals surface area contributed by atoms with Gasteiger partial charge in [-0.3, -0.25) is 0 Å². The maximum Gasteiger partial charge on any atom is 0.410 e. The van der Waals surface area contributed by atoms with E-state index in [0.29, 0.717) is 36.2 Å². The van der Waals surface area contributed by atoms with Gasteiger partial charge in [-0.2, -0.15) is 9.61 Å². The van der Waals surface area contributed by atoms with Gasteiger partial charge in [-0.1, -0.05) is 0 Å². The van der Waals surface area contributed by atoms with Crippen LogP contribution in [-0.4, -0.2) is 46.9 Å². The summed E-state index contributed by atoms with van der Waals surface area (Å²) in [5.41, 5.74) is 0.617. The summed E-state index contributed by atoms with van der Waals surface area (Å²) >= 11 is 3.39. The van der Waals surface area contributed by atoms with E-state index in [2.05, 4.69) is 26.0 Å². The van der Waals surface area contributed by atoms with E-state index in [1.165, 1.54) is 0 Å². The van der Waals surface area contributed by atoms with Crippen LogP contribution in [0.4, 0.5) is 5.82 Å². The molecule has 0 saturated heterocycles. The van der Waals surface area contributed by atoms with Gasteiger partial charge in [-0.05, 0) is 22.8 Å². The molecule has 0 spiro atoms. The molecule has 2 aromatic rings. The molecule has 7 nitrogen and oxygen atoms in total. The average Bonchev–Trinajstić information content (AvgIpc) is 2.77. The van der Waals surface area contributed by atoms with Crippen LogP contribution in [0.5, 0.6) is 11.6 Å². The third kappa shape index (κ3) is 1.84. The van der Waals surface area contributed by atoms with Crippen molar-refractivity contribution in [2.24, 2.45) is 0 Å². The number of ether oxygens (including phenoxy) is 2. The molecule has 0 radical (unpaired) electrons. The lowest BCUT2D eigenvalue weighted by atomic mass is 9.84. The van der Waals surface area contributed by atoms with Crippen molar-refractivity contribution >= 4 is 34.4 Å². The number of hydrogen-bond acceptors (Lipinski definition) is 6. The minimum absolute atomic E-state index is 0.462. The van der Waals surface area contributed by atoms with Crippen molar-refractivity contribution in [3.63, 3.8) is 0 Å². The zero-order valence-corrected chi connectivity index (χ0v) is 12.1. The Bertz CT molecular complexity index is 633. The van der Waals surface area contributed by atoms with Crippen molar-refractivity contribution in [1.82, 2.24) is 14.6 Å². The molecule has 100 valence electrons. The van der Waals surface area contributed by atoms with Crippen LogP contribution < -0.4 is 14.3 Å². The highest BCUT2D eigenvalue weighted by Gasteiger charge is 2.30. The van der Waals surface area contributed by atoms with E-state index in [4.69, 9.17) is 9.47 Å². The minimum Gasteiger partial charge on any atom is -0.483 e. The number of aromatic nitrogens is 3. The SMILES string of the molecule is COc1c2c(nc3c(Br)cnn13)N(B(C)O)CCO2. The summed E-state index contributed by atoms with van der Waals surface area (Å²) in [7, 11) is 0.902. The van der Waals surface area contributed by atoms with Crippen molar-refractivity contribution in [1.29, 1.82) is 0 Å². The fourth-order valence-electron chi connectivity index (χ4n) is 2.13. The summed E-state index contributed by atoms with van der Waals surface area (Å²) in [5, 5.41) is 14.0. The lowest BCUT2D eigenvalue weighted by molar-refractivity contribution is 0.278. The highest BCUT2D eigenvalue weighted by Crippen LogP contribution is 2.40. The molecule has 0 amide bonds. The monoisotopic (exact) mass is 326 g/mol. The Labute approximate surface area is 118 Å². The number of hydrogen-bond donors (Lipinski definition) is 1. The average molecular weight is 327 g/mol. The van der Waals surface area contributed by atoms with Gasteiger partial charge in [0.2, 0.25) is 5.75 Å². The summed E-state index contributed by atoms with van der Waals surface area (Å²) < 4.78 is 13.3. The molecule has 9 heteroatoms. The summed E-state index contributed by atoms with van der Waals surface area (Å²) in [6.45, 7) is 2.73. The first-order valence-corrected chi connectivity index (χ1v) is 6.61. The van der Waals surface area contributed by atoms with Crippen LogP contribution in [0, 0.1) is 0 Å². The molecule has 0 unspecified atom stereocenters. The van der Waals surface area contributed by atoms with Gasteiger partial charge in [-0.15, -0.1) is 0 Å². The smallest absolute Gasteiger partial charge is 0.410 e. The van der Waals surface area contributed by atoms with E-state index in [9.17, 15) is 5.02 Å². The molecule has 1 aliphatic heterocycles. The summed E-state index contributed by atoms with van der Waals surface area (Å²) in [6, 6.07) is 0. The van der Waals surface area contributed by atoms with Gasteiger partial charge < -0.3 is 19.3 Å². The van der Waals surface area contributed by atoms with Crippen molar-refractivity contribution in [3.05, 3.63) is 10.7 Å². The highest BCUT2D eigenvalue weighted by atomic mass is 79.9. The molecule has 3 heterocycles. The van der Waals surface area contributed by atoms with Crippen LogP contribution in [0.3, 0.4) is 0 Å². The van der Waals surface area contributed by atoms with Crippen molar-refractivity contribution in [2.75, 3.05) is 25.1 Å². The third-order valence-corrected chi connectivity index (χ3v) is 3.56. The van der Waals surface area contributed by atoms with Crippen LogP contribution in [0.15, 0.2) is 10.7 Å². The number of methoxy groups -OCH3 is 1. The van der Waals surface area contributed by atoms with Crippen molar-refractivity contribution in [2.45, 2.75) is 6.82 Å². The lowest BCUT2D eigenvalue weighted by Gasteiger charge is -2.31. The molecular weight excluding hydrogens is 315 g/mol. The Morgan fingerprint density at radius 1 is 1.58 bits per heavy atom. The van der Waals surface area contributed by atoms with E-state index in [0.717, 1.165) is 4.47 Å². The Balaban J connectivity index is 2.30. The van der Waals surface area contributed by atoms with E-state index < -0.39 is 7.05 Å². The largest absolute Gasteiger partial charge is 0.483 e. The Morgan fingerprint density at radius 2 is 2.37 bits per heavy atom. The quantitative estimate of drug-likeness (QED) is 0.823. The molecule has 0 aliphatic carbocycles. The van der Waals surface area contributed by atoms with E-state index in [-0.39, 0.29) is 0 Å². The molecule has 0 aromatic carbocycles. The lowest BCUT2D eigenvalue weighted by Crippen LogP contribution is -2.43. The van der Waals surface area contributed by atoms with Gasteiger partial charge >= 0.3 is 7.05 Å². The fraction of sp³-hybridized carbons (Fsp3) is 0.400. The predicted octanol–water partition coefficient (Wildman–Crippen LogP) is 0.809. The zero-order chi connectivity index (χ0) is 13.6. The van der Waals surface area contributed by atoms with Gasteiger partial charge in [0.15, 0.2) is 11.5 Å². The first-order valence-electron chi connectivity index (χ1n) is 5.82. The Morgan fingerprint density at radius 3 is 3.05 bits per heavy atom. The van der Waals surface area contributed by atoms with Crippen LogP contribution in [0.1, 0.15) is 0 Å². The standard InChI is InChI=1S/C10H12BBrN4O3/c1-11(17)15-3-4-19-7-9(15)14-8-6(12)5-13-16(8)10(7)18-2/h5,17H,3-4H2,1-2H3. The normalized spacial score (nSPS) is 14.2. The molecule has 0 fully saturated rings. The van der Waals surface area contributed by atoms with Gasteiger partial charge in [-0.25, -0.2) is 4.98 Å². The maximum atomic E-state index is 9.83. The molecule has 0 atom stereocenters. The number of halogens is 1. The zero-order valence-electron chi connectivity index (χ0n) is 10.5. The molecule has 19 heavy (non-hydrogen) atoms. The Hall–Kier alpha value is -1.48. The second kappa shape index (κ2) is 4.57. The number of fused-ring (bicyclic) bond motifs is 2. The molecule has 0 saturated carbocycles. The molecule has 1 aliphatic rings. The van der Waals surface area contributed by atoms with Crippen molar-refractivity contribution in [3.8, 4) is 11.6 Å². The van der Waals surface area contributed by atoms with E-state index in [1.807, 2.05) is 0 Å². The molecule has 2 aromatic heterocycles. The number of nitrogens with zero attached hydrogens (tertiary/aromatic N) is 4. The van der Waals surface area contributed by atoms with Crippen LogP contribution in [0.25, 0.3) is 5.65 Å². The molecular formula is C10H12BBrN4O3. The number of rotatable bonds is 2. The topological polar surface area (TPSA) is 72.1 Å². The van der Waals surface area contributed by atoms with Gasteiger partial charge in [0, 0.05) is 6.54 Å². The van der Waals surface area contributed by atoms with Gasteiger partial charge in [0.05, 0.1) is 17.8 Å². The summed E-state index contributed by atoms with van der Waals surface area (Å²) in [6.07, 6.45) is 1.64. The highest BCUT2D eigenvalue weighted by molar-refractivity contribution is 9.10. The molecule has 3 rings (SSSR count). The van der Waals surface area contributed by atoms with Crippen molar-refractivity contribution < 1.29 is 14.5 Å². The second-order valence-electron chi connectivity index (χ2n) is 4.18. The van der Waals surface area contributed by atoms with Gasteiger partial charge in [0.1, 0.15) is 6.61 Å². The second-order valence-corrected chi connectivity index (χ2v) is 5.03. The van der Waals surface area contributed by atoms with E-state index >= 15 is 0 Å². The predicted molar refractivity (Wildman–Crippen MR) is 73.9 cm³/mol. The van der Waals surface area contributed by atoms with Crippen LogP contribution >= 0.6 is 15.9 Å². The minimum atomic E-state index is -0.649. The first-order chi connectivity index (χ1) is 9.13. The first kappa shape index (κ1) is 12.6. The molecule has 1 N–H and O–H groups in total. The summed E-state index contributed by atoms with van der Waals surface area (Å²) in [5.74, 6) is 1.53. The Kier molecular flexibility index (Phi) is 3.02. The van der Waals surface area contributed by atoms with Crippen LogP contribution in [0.2, 0.25) is 6.82 Å². The summed E-state index contributed by atoms with van der Waals surface area (Å²) in [4.78, 5) is 6.27. The number of anilines is 1. The van der Waals surface area contributed by atoms with Gasteiger partial charge in [0.25, 0.3) is 5.88 Å². The van der Waals surface area contributed by atoms with E-state index in [1.54, 1.807) is 29.5 Å².